The summed E-state index contributed by atoms with van der Waals surface area (Å²) >= 11 is 6.45. The van der Waals surface area contributed by atoms with Gasteiger partial charge in [0.05, 0.1) is 30.3 Å². The van der Waals surface area contributed by atoms with Crippen LogP contribution >= 0.6 is 11.6 Å². The molecule has 2 aromatic carbocycles. The van der Waals surface area contributed by atoms with Gasteiger partial charge >= 0.3 is 0 Å². The normalized spacial score (nSPS) is 28.4. The molecule has 1 saturated carbocycles. The molecule has 272 valence electrons. The van der Waals surface area contributed by atoms with Crippen LogP contribution in [0.15, 0.2) is 59.1 Å². The number of hydrogen-bond donors (Lipinski definition) is 1. The molecule has 7 rings (SSSR count). The highest BCUT2D eigenvalue weighted by atomic mass is 35.5. The summed E-state index contributed by atoms with van der Waals surface area (Å²) in [7, 11) is 0.178. The van der Waals surface area contributed by atoms with Crippen molar-refractivity contribution >= 4 is 39.0 Å². The standard InChI is InChI=1S/C39H48ClN5O5S/c1-26-22-41-44(2)33(26)15-17-37(46)42-51(48)19-6-4-5-9-35(49-3)31-13-10-29(31)23-45-24-39(18-7-8-27-20-30(40)12-14-32(27)39)25-50-36-16-11-28(21-34(36)45)38(47)43-51/h5,9,11-12,14,16,20-22,29,31,35H,4,6-8,10,13,15,17-19,23-25H2,1-3H3,(H,42,43,46,47,48)/b9-5+/t29-,31+,35-,39-,51+/m0/s1. The van der Waals surface area contributed by atoms with E-state index in [9.17, 15) is 13.8 Å². The molecule has 0 unspecified atom stereocenters. The van der Waals surface area contributed by atoms with E-state index in [1.165, 1.54) is 11.1 Å². The lowest BCUT2D eigenvalue weighted by molar-refractivity contribution is -0.119. The van der Waals surface area contributed by atoms with E-state index in [0.717, 1.165) is 67.2 Å². The average Bonchev–Trinajstić information content (AvgIpc) is 3.33. The molecule has 1 fully saturated rings. The Morgan fingerprint density at radius 2 is 2.06 bits per heavy atom. The zero-order chi connectivity index (χ0) is 35.8. The Kier molecular flexibility index (Phi) is 10.3. The maximum absolute atomic E-state index is 14.3. The van der Waals surface area contributed by atoms with Crippen molar-refractivity contribution in [1.82, 2.24) is 14.5 Å². The third kappa shape index (κ3) is 7.48. The molecule has 5 atom stereocenters. The molecule has 4 aliphatic rings. The van der Waals surface area contributed by atoms with Crippen LogP contribution in [0.3, 0.4) is 0 Å². The van der Waals surface area contributed by atoms with Gasteiger partial charge in [0.15, 0.2) is 0 Å². The summed E-state index contributed by atoms with van der Waals surface area (Å²) < 4.78 is 35.7. The smallest absolute Gasteiger partial charge is 0.286 e. The second-order valence-electron chi connectivity index (χ2n) is 14.7. The van der Waals surface area contributed by atoms with Crippen LogP contribution in [0.5, 0.6) is 5.75 Å². The second-order valence-corrected chi connectivity index (χ2v) is 17.2. The SMILES string of the molecule is CO[C@H]1/C=C/CCC[S@@](=O)(NC(=O)CCc2c(C)cnn2C)=NC(=O)c2ccc3c(c2)N(C[C@@H]2CC[C@H]21)C[C@@]1(CCCc2cc(Cl)ccc21)CO3. The first-order chi connectivity index (χ1) is 24.6. The summed E-state index contributed by atoms with van der Waals surface area (Å²) in [5.41, 5.74) is 5.35. The van der Waals surface area contributed by atoms with Crippen molar-refractivity contribution in [3.63, 3.8) is 0 Å². The molecule has 0 saturated heterocycles. The van der Waals surface area contributed by atoms with Gasteiger partial charge < -0.3 is 14.4 Å². The number of carbonyl (C=O) groups is 2. The fourth-order valence-corrected chi connectivity index (χ4v) is 10.3. The molecule has 10 nitrogen and oxygen atoms in total. The topological polar surface area (TPSA) is 115 Å². The Morgan fingerprint density at radius 1 is 1.20 bits per heavy atom. The van der Waals surface area contributed by atoms with Crippen LogP contribution in [0.1, 0.15) is 77.7 Å². The number of nitrogens with one attached hydrogen (secondary N) is 1. The summed E-state index contributed by atoms with van der Waals surface area (Å²) in [6.45, 7) is 3.97. The highest BCUT2D eigenvalue weighted by molar-refractivity contribution is 7.92. The molecular formula is C39H48ClN5O5S. The van der Waals surface area contributed by atoms with Crippen LogP contribution in [0, 0.1) is 18.8 Å². The number of halogens is 1. The lowest BCUT2D eigenvalue weighted by Crippen LogP contribution is -2.49. The molecule has 0 radical (unpaired) electrons. The van der Waals surface area contributed by atoms with E-state index in [1.807, 2.05) is 32.2 Å². The molecule has 2 aliphatic heterocycles. The van der Waals surface area contributed by atoms with Crippen LogP contribution in [-0.2, 0) is 44.8 Å². The van der Waals surface area contributed by atoms with Crippen LogP contribution in [0.25, 0.3) is 0 Å². The maximum Gasteiger partial charge on any atom is 0.286 e. The van der Waals surface area contributed by atoms with E-state index in [-0.39, 0.29) is 23.7 Å². The first kappa shape index (κ1) is 35.7. The third-order valence-corrected chi connectivity index (χ3v) is 13.5. The number of hydrogen-bond acceptors (Lipinski definition) is 7. The van der Waals surface area contributed by atoms with E-state index in [2.05, 4.69) is 43.4 Å². The highest BCUT2D eigenvalue weighted by Crippen LogP contribution is 2.47. The van der Waals surface area contributed by atoms with E-state index >= 15 is 0 Å². The predicted molar refractivity (Wildman–Crippen MR) is 200 cm³/mol. The quantitative estimate of drug-likeness (QED) is 0.297. The summed E-state index contributed by atoms with van der Waals surface area (Å²) in [6, 6.07) is 11.6. The van der Waals surface area contributed by atoms with Crippen molar-refractivity contribution in [3.8, 4) is 5.75 Å². The fraction of sp³-hybridized carbons (Fsp3) is 0.513. The van der Waals surface area contributed by atoms with E-state index in [4.69, 9.17) is 21.1 Å². The molecule has 2 bridgehead atoms. The van der Waals surface area contributed by atoms with Crippen LogP contribution in [-0.4, -0.2) is 64.5 Å². The molecule has 1 aromatic heterocycles. The zero-order valence-electron chi connectivity index (χ0n) is 29.7. The summed E-state index contributed by atoms with van der Waals surface area (Å²) in [5.74, 6) is 0.479. The summed E-state index contributed by atoms with van der Waals surface area (Å²) in [4.78, 5) is 29.5. The second kappa shape index (κ2) is 14.8. The van der Waals surface area contributed by atoms with Crippen LogP contribution in [0.2, 0.25) is 5.02 Å². The van der Waals surface area contributed by atoms with Crippen molar-refractivity contribution in [3.05, 3.63) is 87.7 Å². The van der Waals surface area contributed by atoms with Crippen molar-refractivity contribution in [1.29, 1.82) is 0 Å². The Labute approximate surface area is 306 Å². The van der Waals surface area contributed by atoms with Gasteiger partial charge in [0, 0.05) is 55.4 Å². The number of benzene rings is 2. The number of anilines is 1. The van der Waals surface area contributed by atoms with Crippen molar-refractivity contribution in [2.24, 2.45) is 23.2 Å². The van der Waals surface area contributed by atoms with Gasteiger partial charge in [0.2, 0.25) is 5.91 Å². The molecule has 51 heavy (non-hydrogen) atoms. The minimum atomic E-state index is -3.42. The van der Waals surface area contributed by atoms with Crippen molar-refractivity contribution < 1.29 is 23.3 Å². The van der Waals surface area contributed by atoms with Gasteiger partial charge in [-0.25, -0.2) is 4.21 Å². The van der Waals surface area contributed by atoms with Gasteiger partial charge in [-0.2, -0.15) is 5.10 Å². The average molecular weight is 734 g/mol. The number of aryl methyl sites for hydroxylation is 3. The van der Waals surface area contributed by atoms with Gasteiger partial charge in [0.25, 0.3) is 5.91 Å². The molecule has 3 aromatic rings. The van der Waals surface area contributed by atoms with Crippen LogP contribution in [0.4, 0.5) is 5.69 Å². The number of carbonyl (C=O) groups excluding carboxylic acids is 2. The lowest BCUT2D eigenvalue weighted by atomic mass is 9.68. The minimum absolute atomic E-state index is 0.0389. The molecule has 12 heteroatoms. The summed E-state index contributed by atoms with van der Waals surface area (Å²) in [6.07, 6.45) is 12.7. The van der Waals surface area contributed by atoms with Crippen LogP contribution < -0.4 is 14.4 Å². The van der Waals surface area contributed by atoms with Gasteiger partial charge in [-0.1, -0.05) is 29.8 Å². The maximum atomic E-state index is 14.3. The molecule has 1 N–H and O–H groups in total. The van der Waals surface area contributed by atoms with Gasteiger partial charge in [0.1, 0.15) is 15.7 Å². The van der Waals surface area contributed by atoms with Gasteiger partial charge in [-0.15, -0.1) is 4.36 Å². The number of fused-ring (bicyclic) bond motifs is 4. The summed E-state index contributed by atoms with van der Waals surface area (Å²) in [5, 5.41) is 5.00. The zero-order valence-corrected chi connectivity index (χ0v) is 31.3. The van der Waals surface area contributed by atoms with Crippen molar-refractivity contribution in [2.45, 2.75) is 76.2 Å². The fourth-order valence-electron chi connectivity index (χ4n) is 8.51. The van der Waals surface area contributed by atoms with Gasteiger partial charge in [-0.05, 0) is 117 Å². The lowest BCUT2D eigenvalue weighted by Gasteiger charge is -2.46. The van der Waals surface area contributed by atoms with E-state index < -0.39 is 21.7 Å². The number of aromatic nitrogens is 2. The number of ether oxygens (including phenoxy) is 2. The first-order valence-corrected chi connectivity index (χ1v) is 20.2. The first-order valence-electron chi connectivity index (χ1n) is 18.1. The largest absolute Gasteiger partial charge is 0.490 e. The highest BCUT2D eigenvalue weighted by Gasteiger charge is 2.44. The molecule has 1 spiro atoms. The monoisotopic (exact) mass is 733 g/mol. The Morgan fingerprint density at radius 3 is 2.82 bits per heavy atom. The predicted octanol–water partition coefficient (Wildman–Crippen LogP) is 6.52. The molecular weight excluding hydrogens is 686 g/mol. The minimum Gasteiger partial charge on any atom is -0.490 e. The van der Waals surface area contributed by atoms with Gasteiger partial charge in [-0.3, -0.25) is 19.0 Å². The third-order valence-electron chi connectivity index (χ3n) is 11.4. The number of rotatable bonds is 5. The number of methoxy groups -OCH3 is 1. The molecule has 2 aliphatic carbocycles. The number of nitrogens with zero attached hydrogens (tertiary/aromatic N) is 4. The van der Waals surface area contributed by atoms with Crippen molar-refractivity contribution in [2.75, 3.05) is 37.5 Å². The van der Waals surface area contributed by atoms with E-state index in [1.54, 1.807) is 24.1 Å². The Bertz CT molecular complexity index is 1950. The Hall–Kier alpha value is -3.67. The van der Waals surface area contributed by atoms with E-state index in [0.29, 0.717) is 49.0 Å². The number of amides is 2. The molecule has 3 heterocycles. The number of allylic oxidation sites excluding steroid dienone is 1. The molecule has 2 amide bonds. The Balaban J connectivity index is 1.24.